The summed E-state index contributed by atoms with van der Waals surface area (Å²) in [6, 6.07) is 4.44. The van der Waals surface area contributed by atoms with E-state index in [0.717, 1.165) is 10.6 Å². The average molecular weight is 197 g/mol. The summed E-state index contributed by atoms with van der Waals surface area (Å²) in [5.74, 6) is -1.02. The normalized spacial score (nSPS) is 10.0. The van der Waals surface area contributed by atoms with E-state index < -0.39 is 11.7 Å². The Bertz CT molecular complexity index is 352. The molecule has 1 amide bonds. The minimum atomic E-state index is -0.529. The summed E-state index contributed by atoms with van der Waals surface area (Å²) in [7, 11) is 2.78. The van der Waals surface area contributed by atoms with Crippen molar-refractivity contribution >= 4 is 5.91 Å². The van der Waals surface area contributed by atoms with Gasteiger partial charge in [0.1, 0.15) is 5.82 Å². The number of aryl methyl sites for hydroxylation is 1. The van der Waals surface area contributed by atoms with E-state index in [1.54, 1.807) is 13.0 Å². The first kappa shape index (κ1) is 10.7. The van der Waals surface area contributed by atoms with Crippen molar-refractivity contribution in [1.82, 2.24) is 5.06 Å². The lowest BCUT2D eigenvalue weighted by atomic mass is 10.1. The lowest BCUT2D eigenvalue weighted by Gasteiger charge is -2.13. The van der Waals surface area contributed by atoms with E-state index in [1.807, 2.05) is 0 Å². The molecular weight excluding hydrogens is 185 g/mol. The van der Waals surface area contributed by atoms with Crippen molar-refractivity contribution in [1.29, 1.82) is 0 Å². The van der Waals surface area contributed by atoms with Crippen molar-refractivity contribution in [2.75, 3.05) is 14.2 Å². The number of nitrogens with zero attached hydrogens (tertiary/aromatic N) is 1. The lowest BCUT2D eigenvalue weighted by molar-refractivity contribution is -0.0759. The van der Waals surface area contributed by atoms with Crippen molar-refractivity contribution in [3.63, 3.8) is 0 Å². The molecule has 0 bridgehead atoms. The summed E-state index contributed by atoms with van der Waals surface area (Å²) in [5, 5.41) is 0.980. The van der Waals surface area contributed by atoms with Gasteiger partial charge in [0.15, 0.2) is 0 Å². The number of hydrogen-bond donors (Lipinski definition) is 0. The highest BCUT2D eigenvalue weighted by molar-refractivity contribution is 5.93. The first-order valence-corrected chi connectivity index (χ1v) is 4.14. The van der Waals surface area contributed by atoms with E-state index in [-0.39, 0.29) is 5.56 Å². The largest absolute Gasteiger partial charge is 0.280 e. The lowest BCUT2D eigenvalue weighted by Crippen LogP contribution is -2.26. The Labute approximate surface area is 82.0 Å². The number of rotatable bonds is 2. The maximum atomic E-state index is 13.3. The minimum absolute atomic E-state index is 0.0138. The van der Waals surface area contributed by atoms with Crippen molar-refractivity contribution < 1.29 is 14.0 Å². The van der Waals surface area contributed by atoms with Gasteiger partial charge >= 0.3 is 0 Å². The van der Waals surface area contributed by atoms with E-state index in [2.05, 4.69) is 4.84 Å². The summed E-state index contributed by atoms with van der Waals surface area (Å²) in [6.07, 6.45) is 0. The Morgan fingerprint density at radius 1 is 1.50 bits per heavy atom. The van der Waals surface area contributed by atoms with E-state index in [0.29, 0.717) is 0 Å². The number of hydrogen-bond acceptors (Lipinski definition) is 2. The van der Waals surface area contributed by atoms with Crippen LogP contribution in [0, 0.1) is 12.7 Å². The molecule has 1 aromatic rings. The van der Waals surface area contributed by atoms with Gasteiger partial charge in [0, 0.05) is 7.05 Å². The van der Waals surface area contributed by atoms with E-state index in [9.17, 15) is 9.18 Å². The molecule has 0 saturated heterocycles. The van der Waals surface area contributed by atoms with E-state index >= 15 is 0 Å². The summed E-state index contributed by atoms with van der Waals surface area (Å²) in [4.78, 5) is 16.1. The molecule has 1 rings (SSSR count). The number of amides is 1. The minimum Gasteiger partial charge on any atom is -0.274 e. The summed E-state index contributed by atoms with van der Waals surface area (Å²) >= 11 is 0. The molecule has 0 saturated carbocycles. The van der Waals surface area contributed by atoms with Crippen LogP contribution in [0.3, 0.4) is 0 Å². The van der Waals surface area contributed by atoms with Crippen LogP contribution in [0.2, 0.25) is 0 Å². The number of benzene rings is 1. The Hall–Kier alpha value is -1.42. The first-order valence-electron chi connectivity index (χ1n) is 4.14. The zero-order valence-electron chi connectivity index (χ0n) is 8.37. The van der Waals surface area contributed by atoms with Gasteiger partial charge in [-0.15, -0.1) is 0 Å². The van der Waals surface area contributed by atoms with E-state index in [1.165, 1.54) is 26.3 Å². The van der Waals surface area contributed by atoms with Crippen LogP contribution in [0.4, 0.5) is 4.39 Å². The zero-order valence-corrected chi connectivity index (χ0v) is 8.37. The van der Waals surface area contributed by atoms with Crippen LogP contribution in [-0.2, 0) is 4.84 Å². The van der Waals surface area contributed by atoms with E-state index in [4.69, 9.17) is 0 Å². The molecule has 0 aliphatic rings. The fourth-order valence-electron chi connectivity index (χ4n) is 1.05. The van der Waals surface area contributed by atoms with Gasteiger partial charge in [-0.1, -0.05) is 6.07 Å². The molecule has 1 aromatic carbocycles. The molecule has 0 radical (unpaired) electrons. The van der Waals surface area contributed by atoms with Crippen LogP contribution in [0.25, 0.3) is 0 Å². The number of carbonyl (C=O) groups excluding carboxylic acids is 1. The second-order valence-electron chi connectivity index (χ2n) is 2.97. The molecule has 76 valence electrons. The van der Waals surface area contributed by atoms with Crippen LogP contribution >= 0.6 is 0 Å². The Morgan fingerprint density at radius 3 is 2.64 bits per heavy atom. The SMILES string of the molecule is CON(C)C(=O)c1ccc(C)cc1F. The van der Waals surface area contributed by atoms with Gasteiger partial charge in [0.05, 0.1) is 12.7 Å². The molecule has 0 aromatic heterocycles. The molecule has 0 unspecified atom stereocenters. The monoisotopic (exact) mass is 197 g/mol. The van der Waals surface area contributed by atoms with Crippen LogP contribution in [0.1, 0.15) is 15.9 Å². The van der Waals surface area contributed by atoms with Gasteiger partial charge in [0.2, 0.25) is 0 Å². The first-order chi connectivity index (χ1) is 6.56. The second kappa shape index (κ2) is 4.19. The molecule has 0 aliphatic heterocycles. The molecule has 0 spiro atoms. The predicted octanol–water partition coefficient (Wildman–Crippen LogP) is 1.77. The highest BCUT2D eigenvalue weighted by Crippen LogP contribution is 2.11. The molecule has 0 N–H and O–H groups in total. The molecule has 3 nitrogen and oxygen atoms in total. The Balaban J connectivity index is 3.02. The van der Waals surface area contributed by atoms with Gasteiger partial charge in [-0.25, -0.2) is 9.45 Å². The molecule has 14 heavy (non-hydrogen) atoms. The molecule has 0 atom stereocenters. The number of carbonyl (C=O) groups is 1. The van der Waals surface area contributed by atoms with Gasteiger partial charge in [-0.2, -0.15) is 0 Å². The van der Waals surface area contributed by atoms with Gasteiger partial charge in [-0.3, -0.25) is 9.63 Å². The molecule has 0 fully saturated rings. The molecule has 0 aliphatic carbocycles. The summed E-state index contributed by atoms with van der Waals surface area (Å²) < 4.78 is 13.3. The average Bonchev–Trinajstić information content (AvgIpc) is 2.15. The molecule has 0 heterocycles. The maximum Gasteiger partial charge on any atom is 0.280 e. The fourth-order valence-corrected chi connectivity index (χ4v) is 1.05. The highest BCUT2D eigenvalue weighted by Gasteiger charge is 2.15. The van der Waals surface area contributed by atoms with Crippen molar-refractivity contribution in [3.05, 3.63) is 35.1 Å². The second-order valence-corrected chi connectivity index (χ2v) is 2.97. The van der Waals surface area contributed by atoms with Crippen LogP contribution in [0.5, 0.6) is 0 Å². The molecule has 4 heteroatoms. The Kier molecular flexibility index (Phi) is 3.19. The molecular formula is C10H12FNO2. The predicted molar refractivity (Wildman–Crippen MR) is 50.2 cm³/mol. The van der Waals surface area contributed by atoms with Crippen molar-refractivity contribution in [2.45, 2.75) is 6.92 Å². The topological polar surface area (TPSA) is 29.5 Å². The third kappa shape index (κ3) is 2.09. The fraction of sp³-hybridized carbons (Fsp3) is 0.300. The van der Waals surface area contributed by atoms with Crippen molar-refractivity contribution in [3.8, 4) is 0 Å². The van der Waals surface area contributed by atoms with Crippen molar-refractivity contribution in [2.24, 2.45) is 0 Å². The van der Waals surface area contributed by atoms with Gasteiger partial charge in [0.25, 0.3) is 5.91 Å². The number of halogens is 1. The summed E-state index contributed by atoms with van der Waals surface area (Å²) in [5.41, 5.74) is 0.791. The van der Waals surface area contributed by atoms with Crippen LogP contribution in [-0.4, -0.2) is 25.1 Å². The standard InChI is InChI=1S/C10H12FNO2/c1-7-4-5-8(9(11)6-7)10(13)12(2)14-3/h4-6H,1-3H3. The van der Waals surface area contributed by atoms with Crippen LogP contribution in [0.15, 0.2) is 18.2 Å². The van der Waals surface area contributed by atoms with Crippen LogP contribution < -0.4 is 0 Å². The van der Waals surface area contributed by atoms with Gasteiger partial charge < -0.3 is 0 Å². The zero-order chi connectivity index (χ0) is 10.7. The maximum absolute atomic E-state index is 13.3. The van der Waals surface area contributed by atoms with Gasteiger partial charge in [-0.05, 0) is 24.6 Å². The smallest absolute Gasteiger partial charge is 0.274 e. The summed E-state index contributed by atoms with van der Waals surface area (Å²) in [6.45, 7) is 1.76. The quantitative estimate of drug-likeness (QED) is 0.676. The Morgan fingerprint density at radius 2 is 2.14 bits per heavy atom. The third-order valence-corrected chi connectivity index (χ3v) is 1.91. The number of hydroxylamine groups is 2. The highest BCUT2D eigenvalue weighted by atomic mass is 19.1. The third-order valence-electron chi connectivity index (χ3n) is 1.91.